The third kappa shape index (κ3) is 3.27. The standard InChI is InChI=1S/C20H21ClN2O2/c1-13-8-9-16(12-14(13)2)23-11-10-22(15(3)19(23)24)20(25)17-6-4-5-7-18(17)21/h4-9,12,15H,10-11H2,1-3H3/t15-/m1/s1. The molecular weight excluding hydrogens is 336 g/mol. The average molecular weight is 357 g/mol. The number of aryl methyl sites for hydroxylation is 2. The number of hydrogen-bond donors (Lipinski definition) is 0. The molecule has 2 aromatic rings. The van der Waals surface area contributed by atoms with E-state index in [-0.39, 0.29) is 11.8 Å². The molecule has 0 saturated carbocycles. The predicted octanol–water partition coefficient (Wildman–Crippen LogP) is 3.83. The van der Waals surface area contributed by atoms with Gasteiger partial charge in [0.1, 0.15) is 6.04 Å². The third-order valence-electron chi connectivity index (χ3n) is 4.82. The Bertz CT molecular complexity index is 834. The lowest BCUT2D eigenvalue weighted by atomic mass is 10.1. The van der Waals surface area contributed by atoms with Crippen LogP contribution in [0.1, 0.15) is 28.4 Å². The summed E-state index contributed by atoms with van der Waals surface area (Å²) in [5.74, 6) is -0.277. The summed E-state index contributed by atoms with van der Waals surface area (Å²) in [5.41, 5.74) is 3.65. The molecular formula is C20H21ClN2O2. The number of carbonyl (C=O) groups excluding carboxylic acids is 2. The largest absolute Gasteiger partial charge is 0.325 e. The first kappa shape index (κ1) is 17.5. The fourth-order valence-corrected chi connectivity index (χ4v) is 3.30. The van der Waals surface area contributed by atoms with E-state index in [1.54, 1.807) is 41.0 Å². The Morgan fingerprint density at radius 1 is 1.08 bits per heavy atom. The highest BCUT2D eigenvalue weighted by Gasteiger charge is 2.35. The van der Waals surface area contributed by atoms with E-state index in [4.69, 9.17) is 11.6 Å². The Hall–Kier alpha value is -2.33. The molecule has 1 heterocycles. The number of halogens is 1. The van der Waals surface area contributed by atoms with Crippen molar-refractivity contribution in [3.05, 3.63) is 64.2 Å². The molecule has 1 saturated heterocycles. The fraction of sp³-hybridized carbons (Fsp3) is 0.300. The summed E-state index contributed by atoms with van der Waals surface area (Å²) in [7, 11) is 0. The Balaban J connectivity index is 1.83. The van der Waals surface area contributed by atoms with Gasteiger partial charge >= 0.3 is 0 Å². The molecule has 0 unspecified atom stereocenters. The Labute approximate surface area is 153 Å². The second-order valence-corrected chi connectivity index (χ2v) is 6.82. The zero-order valence-corrected chi connectivity index (χ0v) is 15.4. The Morgan fingerprint density at radius 3 is 2.48 bits per heavy atom. The molecule has 2 amide bonds. The molecule has 2 aromatic carbocycles. The fourth-order valence-electron chi connectivity index (χ4n) is 3.09. The molecule has 1 atom stereocenters. The number of amides is 2. The molecule has 1 fully saturated rings. The van der Waals surface area contributed by atoms with Crippen molar-refractivity contribution < 1.29 is 9.59 Å². The molecule has 0 radical (unpaired) electrons. The van der Waals surface area contributed by atoms with Crippen molar-refractivity contribution in [3.8, 4) is 0 Å². The smallest absolute Gasteiger partial charge is 0.256 e. The second-order valence-electron chi connectivity index (χ2n) is 6.41. The van der Waals surface area contributed by atoms with Crippen LogP contribution in [0.25, 0.3) is 0 Å². The first-order chi connectivity index (χ1) is 11.9. The minimum Gasteiger partial charge on any atom is -0.325 e. The van der Waals surface area contributed by atoms with E-state index in [0.717, 1.165) is 11.3 Å². The lowest BCUT2D eigenvalue weighted by Gasteiger charge is -2.39. The van der Waals surface area contributed by atoms with Gasteiger partial charge in [0.05, 0.1) is 10.6 Å². The zero-order valence-electron chi connectivity index (χ0n) is 14.6. The summed E-state index contributed by atoms with van der Waals surface area (Å²) in [4.78, 5) is 29.0. The van der Waals surface area contributed by atoms with E-state index in [0.29, 0.717) is 23.7 Å². The first-order valence-corrected chi connectivity index (χ1v) is 8.72. The molecule has 5 heteroatoms. The van der Waals surface area contributed by atoms with E-state index >= 15 is 0 Å². The van der Waals surface area contributed by atoms with E-state index in [9.17, 15) is 9.59 Å². The van der Waals surface area contributed by atoms with Gasteiger partial charge < -0.3 is 9.80 Å². The normalized spacial score (nSPS) is 17.8. The number of hydrogen-bond acceptors (Lipinski definition) is 2. The van der Waals surface area contributed by atoms with Crippen LogP contribution in [0, 0.1) is 13.8 Å². The average Bonchev–Trinajstić information content (AvgIpc) is 2.60. The summed E-state index contributed by atoms with van der Waals surface area (Å²) >= 11 is 6.14. The number of nitrogens with zero attached hydrogens (tertiary/aromatic N) is 2. The summed E-state index contributed by atoms with van der Waals surface area (Å²) in [6.07, 6.45) is 0. The maximum Gasteiger partial charge on any atom is 0.256 e. The third-order valence-corrected chi connectivity index (χ3v) is 5.15. The van der Waals surface area contributed by atoms with Crippen LogP contribution in [0.15, 0.2) is 42.5 Å². The van der Waals surface area contributed by atoms with E-state index < -0.39 is 6.04 Å². The van der Waals surface area contributed by atoms with Gasteiger partial charge in [-0.2, -0.15) is 0 Å². The molecule has 25 heavy (non-hydrogen) atoms. The van der Waals surface area contributed by atoms with Crippen molar-refractivity contribution in [3.63, 3.8) is 0 Å². The highest BCUT2D eigenvalue weighted by Crippen LogP contribution is 2.25. The molecule has 0 bridgehead atoms. The second kappa shape index (κ2) is 6.89. The number of carbonyl (C=O) groups is 2. The quantitative estimate of drug-likeness (QED) is 0.820. The van der Waals surface area contributed by atoms with Crippen LogP contribution in [-0.4, -0.2) is 35.8 Å². The van der Waals surface area contributed by atoms with Crippen LogP contribution < -0.4 is 4.90 Å². The highest BCUT2D eigenvalue weighted by molar-refractivity contribution is 6.33. The zero-order chi connectivity index (χ0) is 18.1. The maximum atomic E-state index is 12.9. The van der Waals surface area contributed by atoms with Crippen molar-refractivity contribution in [1.29, 1.82) is 0 Å². The van der Waals surface area contributed by atoms with E-state index in [1.807, 2.05) is 32.0 Å². The summed E-state index contributed by atoms with van der Waals surface area (Å²) in [6.45, 7) is 6.80. The Morgan fingerprint density at radius 2 is 1.80 bits per heavy atom. The highest BCUT2D eigenvalue weighted by atomic mass is 35.5. The van der Waals surface area contributed by atoms with Crippen LogP contribution in [0.4, 0.5) is 5.69 Å². The molecule has 4 nitrogen and oxygen atoms in total. The van der Waals surface area contributed by atoms with Crippen molar-refractivity contribution in [2.45, 2.75) is 26.8 Å². The number of rotatable bonds is 2. The van der Waals surface area contributed by atoms with E-state index in [1.165, 1.54) is 5.56 Å². The van der Waals surface area contributed by atoms with Crippen LogP contribution in [0.5, 0.6) is 0 Å². The van der Waals surface area contributed by atoms with Crippen LogP contribution in [0.3, 0.4) is 0 Å². The topological polar surface area (TPSA) is 40.6 Å². The van der Waals surface area contributed by atoms with Crippen LogP contribution in [0.2, 0.25) is 5.02 Å². The minimum atomic E-state index is -0.529. The van der Waals surface area contributed by atoms with Gasteiger partial charge in [0.25, 0.3) is 5.91 Å². The van der Waals surface area contributed by atoms with E-state index in [2.05, 4.69) is 0 Å². The van der Waals surface area contributed by atoms with Crippen molar-refractivity contribution in [1.82, 2.24) is 4.90 Å². The first-order valence-electron chi connectivity index (χ1n) is 8.34. The molecule has 0 N–H and O–H groups in total. The SMILES string of the molecule is Cc1ccc(N2CCN(C(=O)c3ccccc3Cl)[C@H](C)C2=O)cc1C. The predicted molar refractivity (Wildman–Crippen MR) is 100 cm³/mol. The van der Waals surface area contributed by atoms with Gasteiger partial charge in [-0.05, 0) is 56.2 Å². The molecule has 0 aromatic heterocycles. The molecule has 0 aliphatic carbocycles. The molecule has 1 aliphatic rings. The molecule has 0 spiro atoms. The van der Waals surface area contributed by atoms with Crippen LogP contribution in [-0.2, 0) is 4.79 Å². The maximum absolute atomic E-state index is 12.9. The van der Waals surface area contributed by atoms with Gasteiger partial charge in [-0.1, -0.05) is 29.8 Å². The lowest BCUT2D eigenvalue weighted by molar-refractivity contribution is -0.124. The van der Waals surface area contributed by atoms with Gasteiger partial charge in [-0.15, -0.1) is 0 Å². The lowest BCUT2D eigenvalue weighted by Crippen LogP contribution is -2.57. The molecule has 3 rings (SSSR count). The molecule has 130 valence electrons. The monoisotopic (exact) mass is 356 g/mol. The van der Waals surface area contributed by atoms with Gasteiger partial charge in [0, 0.05) is 18.8 Å². The number of piperazine rings is 1. The summed E-state index contributed by atoms with van der Waals surface area (Å²) in [5, 5.41) is 0.406. The van der Waals surface area contributed by atoms with Crippen LogP contribution >= 0.6 is 11.6 Å². The number of anilines is 1. The van der Waals surface area contributed by atoms with Crippen molar-refractivity contribution in [2.75, 3.05) is 18.0 Å². The van der Waals surface area contributed by atoms with Gasteiger partial charge in [-0.3, -0.25) is 9.59 Å². The number of benzene rings is 2. The van der Waals surface area contributed by atoms with Crippen molar-refractivity contribution in [2.24, 2.45) is 0 Å². The van der Waals surface area contributed by atoms with Gasteiger partial charge in [0.2, 0.25) is 5.91 Å². The Kier molecular flexibility index (Phi) is 4.82. The van der Waals surface area contributed by atoms with Gasteiger partial charge in [-0.25, -0.2) is 0 Å². The summed E-state index contributed by atoms with van der Waals surface area (Å²) < 4.78 is 0. The van der Waals surface area contributed by atoms with Crippen molar-refractivity contribution >= 4 is 29.1 Å². The molecule has 1 aliphatic heterocycles. The minimum absolute atomic E-state index is 0.0742. The van der Waals surface area contributed by atoms with Gasteiger partial charge in [0.15, 0.2) is 0 Å². The summed E-state index contributed by atoms with van der Waals surface area (Å²) in [6, 6.07) is 12.4.